The summed E-state index contributed by atoms with van der Waals surface area (Å²) in [5.41, 5.74) is 2.03. The Kier molecular flexibility index (Phi) is 5.67. The number of hydrogen-bond donors (Lipinski definition) is 2. The molecule has 2 N–H and O–H groups in total. The maximum absolute atomic E-state index is 11.9. The molecule has 0 atom stereocenters. The van der Waals surface area contributed by atoms with Crippen LogP contribution in [0.4, 0.5) is 11.4 Å². The lowest BCUT2D eigenvalue weighted by molar-refractivity contribution is 0.0950. The van der Waals surface area contributed by atoms with Crippen LogP contribution in [0.1, 0.15) is 17.5 Å². The fourth-order valence-corrected chi connectivity index (χ4v) is 3.02. The van der Waals surface area contributed by atoms with Gasteiger partial charge in [-0.05, 0) is 55.2 Å². The Balaban J connectivity index is 1.52. The van der Waals surface area contributed by atoms with Crippen LogP contribution in [0.25, 0.3) is 0 Å². The van der Waals surface area contributed by atoms with Crippen LogP contribution in [0.2, 0.25) is 0 Å². The van der Waals surface area contributed by atoms with E-state index in [1.54, 1.807) is 12.1 Å². The van der Waals surface area contributed by atoms with Crippen LogP contribution in [0.3, 0.4) is 0 Å². The maximum Gasteiger partial charge on any atom is 0.293 e. The highest BCUT2D eigenvalue weighted by Crippen LogP contribution is 2.19. The number of nitrogens with zero attached hydrogens (tertiary/aromatic N) is 2. The van der Waals surface area contributed by atoms with Crippen LogP contribution in [0.15, 0.2) is 47.1 Å². The van der Waals surface area contributed by atoms with Gasteiger partial charge < -0.3 is 19.5 Å². The number of anilines is 2. The number of carbonyl (C=O) groups excluding carboxylic acids is 1. The van der Waals surface area contributed by atoms with Crippen LogP contribution >= 0.6 is 12.2 Å². The molecule has 0 aliphatic carbocycles. The van der Waals surface area contributed by atoms with Gasteiger partial charge in [-0.1, -0.05) is 6.92 Å². The van der Waals surface area contributed by atoms with Gasteiger partial charge in [-0.15, -0.1) is 0 Å². The first-order valence-electron chi connectivity index (χ1n) is 8.39. The van der Waals surface area contributed by atoms with Crippen molar-refractivity contribution in [2.45, 2.75) is 6.92 Å². The van der Waals surface area contributed by atoms with Gasteiger partial charge in [-0.2, -0.15) is 0 Å². The third-order valence-corrected chi connectivity index (χ3v) is 4.49. The lowest BCUT2D eigenvalue weighted by Gasteiger charge is -2.35. The Morgan fingerprint density at radius 2 is 1.88 bits per heavy atom. The largest absolute Gasteiger partial charge is 0.459 e. The van der Waals surface area contributed by atoms with Crippen molar-refractivity contribution in [3.8, 4) is 0 Å². The molecule has 2 heterocycles. The van der Waals surface area contributed by atoms with E-state index in [-0.39, 0.29) is 16.8 Å². The molecule has 1 aliphatic heterocycles. The van der Waals surface area contributed by atoms with Crippen LogP contribution in [0, 0.1) is 0 Å². The van der Waals surface area contributed by atoms with Crippen LogP contribution in [-0.4, -0.2) is 48.6 Å². The van der Waals surface area contributed by atoms with Gasteiger partial charge in [0.05, 0.1) is 6.26 Å². The minimum atomic E-state index is -0.368. The first-order valence-corrected chi connectivity index (χ1v) is 8.79. The Bertz CT molecular complexity index is 707. The second kappa shape index (κ2) is 8.13. The Morgan fingerprint density at radius 3 is 2.48 bits per heavy atom. The van der Waals surface area contributed by atoms with Crippen molar-refractivity contribution >= 4 is 34.6 Å². The molecule has 1 saturated heterocycles. The second-order valence-corrected chi connectivity index (χ2v) is 6.26. The standard InChI is InChI=1S/C18H22N4O2S/c1-2-21-9-11-22(12-10-21)15-7-5-14(6-8-15)19-18(25)20-17(23)16-4-3-13-24-16/h3-8,13H,2,9-12H2,1H3,(H2,19,20,23,25). The summed E-state index contributed by atoms with van der Waals surface area (Å²) >= 11 is 5.17. The minimum Gasteiger partial charge on any atom is -0.459 e. The Labute approximate surface area is 152 Å². The third-order valence-electron chi connectivity index (χ3n) is 4.28. The van der Waals surface area contributed by atoms with Crippen molar-refractivity contribution in [3.63, 3.8) is 0 Å². The van der Waals surface area contributed by atoms with Gasteiger partial charge in [0, 0.05) is 37.6 Å². The predicted octanol–water partition coefficient (Wildman–Crippen LogP) is 2.55. The van der Waals surface area contributed by atoms with Gasteiger partial charge in [-0.25, -0.2) is 0 Å². The number of likely N-dealkylation sites (N-methyl/N-ethyl adjacent to an activating group) is 1. The van der Waals surface area contributed by atoms with Gasteiger partial charge in [0.15, 0.2) is 10.9 Å². The second-order valence-electron chi connectivity index (χ2n) is 5.85. The molecule has 25 heavy (non-hydrogen) atoms. The van der Waals surface area contributed by atoms with E-state index in [0.717, 1.165) is 38.4 Å². The molecular weight excluding hydrogens is 336 g/mol. The molecule has 1 fully saturated rings. The summed E-state index contributed by atoms with van der Waals surface area (Å²) in [6, 6.07) is 11.3. The summed E-state index contributed by atoms with van der Waals surface area (Å²) in [5.74, 6) is -0.140. The monoisotopic (exact) mass is 358 g/mol. The number of hydrogen-bond acceptors (Lipinski definition) is 5. The van der Waals surface area contributed by atoms with Crippen molar-refractivity contribution in [2.75, 3.05) is 42.9 Å². The lowest BCUT2D eigenvalue weighted by atomic mass is 10.2. The minimum absolute atomic E-state index is 0.228. The molecule has 1 aliphatic rings. The highest BCUT2D eigenvalue weighted by Gasteiger charge is 2.16. The molecule has 0 radical (unpaired) electrons. The molecule has 0 unspecified atom stereocenters. The van der Waals surface area contributed by atoms with Crippen LogP contribution in [-0.2, 0) is 0 Å². The normalized spacial score (nSPS) is 15.0. The topological polar surface area (TPSA) is 60.8 Å². The number of piperazine rings is 1. The lowest BCUT2D eigenvalue weighted by Crippen LogP contribution is -2.46. The molecule has 2 aromatic rings. The molecule has 7 heteroatoms. The molecule has 0 spiro atoms. The number of furan rings is 1. The molecule has 1 amide bonds. The van der Waals surface area contributed by atoms with Crippen molar-refractivity contribution < 1.29 is 9.21 Å². The number of carbonyl (C=O) groups is 1. The highest BCUT2D eigenvalue weighted by molar-refractivity contribution is 7.80. The summed E-state index contributed by atoms with van der Waals surface area (Å²) in [4.78, 5) is 16.7. The van der Waals surface area contributed by atoms with Gasteiger partial charge in [0.1, 0.15) is 0 Å². The highest BCUT2D eigenvalue weighted by atomic mass is 32.1. The number of benzene rings is 1. The molecule has 3 rings (SSSR count). The Hall–Kier alpha value is -2.38. The van der Waals surface area contributed by atoms with E-state index in [1.807, 2.05) is 12.1 Å². The fraction of sp³-hybridized carbons (Fsp3) is 0.333. The molecule has 6 nitrogen and oxygen atoms in total. The average molecular weight is 358 g/mol. The molecular formula is C18H22N4O2S. The van der Waals surface area contributed by atoms with E-state index in [0.29, 0.717) is 0 Å². The van der Waals surface area contributed by atoms with E-state index in [1.165, 1.54) is 12.0 Å². The quantitative estimate of drug-likeness (QED) is 0.819. The molecule has 132 valence electrons. The SMILES string of the molecule is CCN1CCN(c2ccc(NC(=S)NC(=O)c3ccco3)cc2)CC1. The van der Waals surface area contributed by atoms with E-state index in [9.17, 15) is 4.79 Å². The molecule has 0 bridgehead atoms. The van der Waals surface area contributed by atoms with Crippen molar-refractivity contribution in [1.29, 1.82) is 0 Å². The smallest absolute Gasteiger partial charge is 0.293 e. The van der Waals surface area contributed by atoms with Gasteiger partial charge in [0.2, 0.25) is 0 Å². The first kappa shape index (κ1) is 17.4. The van der Waals surface area contributed by atoms with Crippen LogP contribution in [0.5, 0.6) is 0 Å². The molecule has 1 aromatic heterocycles. The summed E-state index contributed by atoms with van der Waals surface area (Å²) < 4.78 is 5.04. The summed E-state index contributed by atoms with van der Waals surface area (Å²) in [7, 11) is 0. The van der Waals surface area contributed by atoms with Gasteiger partial charge in [-0.3, -0.25) is 10.1 Å². The van der Waals surface area contributed by atoms with E-state index < -0.39 is 0 Å². The number of rotatable bonds is 4. The zero-order valence-electron chi connectivity index (χ0n) is 14.2. The number of amides is 1. The van der Waals surface area contributed by atoms with Crippen molar-refractivity contribution in [3.05, 3.63) is 48.4 Å². The summed E-state index contributed by atoms with van der Waals surface area (Å²) in [5, 5.41) is 5.85. The number of thiocarbonyl (C=S) groups is 1. The Morgan fingerprint density at radius 1 is 1.16 bits per heavy atom. The maximum atomic E-state index is 11.9. The van der Waals surface area contributed by atoms with Crippen molar-refractivity contribution in [1.82, 2.24) is 10.2 Å². The average Bonchev–Trinajstić information content (AvgIpc) is 3.17. The predicted molar refractivity (Wildman–Crippen MR) is 103 cm³/mol. The van der Waals surface area contributed by atoms with E-state index >= 15 is 0 Å². The molecule has 0 saturated carbocycles. The fourth-order valence-electron chi connectivity index (χ4n) is 2.81. The van der Waals surface area contributed by atoms with E-state index in [4.69, 9.17) is 16.6 Å². The molecule has 1 aromatic carbocycles. The van der Waals surface area contributed by atoms with E-state index in [2.05, 4.69) is 39.5 Å². The zero-order valence-corrected chi connectivity index (χ0v) is 15.0. The first-order chi connectivity index (χ1) is 12.2. The summed E-state index contributed by atoms with van der Waals surface area (Å²) in [6.45, 7) is 7.58. The summed E-state index contributed by atoms with van der Waals surface area (Å²) in [6.07, 6.45) is 1.45. The van der Waals surface area contributed by atoms with Crippen LogP contribution < -0.4 is 15.5 Å². The number of nitrogens with one attached hydrogen (secondary N) is 2. The van der Waals surface area contributed by atoms with Crippen molar-refractivity contribution in [2.24, 2.45) is 0 Å². The van der Waals surface area contributed by atoms with Gasteiger partial charge in [0.25, 0.3) is 5.91 Å². The zero-order chi connectivity index (χ0) is 17.6. The third kappa shape index (κ3) is 4.58. The van der Waals surface area contributed by atoms with Gasteiger partial charge >= 0.3 is 0 Å².